The first-order chi connectivity index (χ1) is 7.66. The zero-order chi connectivity index (χ0) is 11.5. The van der Waals surface area contributed by atoms with Crippen LogP contribution < -0.4 is 10.2 Å². The fraction of sp³-hybridized carbons (Fsp3) is 0.0909. The summed E-state index contributed by atoms with van der Waals surface area (Å²) in [5.74, 6) is 0.936. The third-order valence-corrected chi connectivity index (χ3v) is 2.31. The molecule has 0 amide bonds. The number of nitrogens with one attached hydrogen (secondary N) is 1. The highest BCUT2D eigenvalue weighted by atomic mass is 35.5. The Kier molecular flexibility index (Phi) is 2.92. The highest BCUT2D eigenvalue weighted by Gasteiger charge is 2.03. The predicted molar refractivity (Wildman–Crippen MR) is 61.1 cm³/mol. The molecule has 0 aliphatic heterocycles. The summed E-state index contributed by atoms with van der Waals surface area (Å²) in [5.41, 5.74) is 0.599. The van der Waals surface area contributed by atoms with E-state index in [-0.39, 0.29) is 16.5 Å². The number of hydrogen-bond acceptors (Lipinski definition) is 3. The van der Waals surface area contributed by atoms with Gasteiger partial charge in [0.25, 0.3) is 0 Å². The van der Waals surface area contributed by atoms with Crippen molar-refractivity contribution in [2.75, 3.05) is 0 Å². The van der Waals surface area contributed by atoms with E-state index in [1.807, 2.05) is 31.2 Å². The SMILES string of the molecule is Cc1ccccc1Oc1cc(=O)c(Cl)n[nH]1. The van der Waals surface area contributed by atoms with E-state index in [1.54, 1.807) is 0 Å². The van der Waals surface area contributed by atoms with Gasteiger partial charge in [0.1, 0.15) is 5.75 Å². The minimum atomic E-state index is -0.371. The second kappa shape index (κ2) is 4.37. The van der Waals surface area contributed by atoms with Crippen LogP contribution in [0.4, 0.5) is 0 Å². The topological polar surface area (TPSA) is 55.0 Å². The molecular weight excluding hydrogens is 228 g/mol. The number of nitrogens with zero attached hydrogens (tertiary/aromatic N) is 1. The van der Waals surface area contributed by atoms with Gasteiger partial charge < -0.3 is 4.74 Å². The largest absolute Gasteiger partial charge is 0.439 e. The molecule has 16 heavy (non-hydrogen) atoms. The average molecular weight is 237 g/mol. The summed E-state index contributed by atoms with van der Waals surface area (Å²) in [5, 5.41) is 6.06. The Morgan fingerprint density at radius 3 is 2.81 bits per heavy atom. The summed E-state index contributed by atoms with van der Waals surface area (Å²) >= 11 is 5.50. The van der Waals surface area contributed by atoms with Crippen molar-refractivity contribution in [1.82, 2.24) is 10.2 Å². The fourth-order valence-corrected chi connectivity index (χ4v) is 1.31. The van der Waals surface area contributed by atoms with E-state index in [4.69, 9.17) is 16.3 Å². The Bertz CT molecular complexity index is 566. The van der Waals surface area contributed by atoms with Gasteiger partial charge in [-0.3, -0.25) is 4.79 Å². The van der Waals surface area contributed by atoms with Crippen LogP contribution in [0.2, 0.25) is 5.15 Å². The Morgan fingerprint density at radius 2 is 2.12 bits per heavy atom. The van der Waals surface area contributed by atoms with Crippen molar-refractivity contribution in [2.45, 2.75) is 6.92 Å². The molecule has 5 heteroatoms. The van der Waals surface area contributed by atoms with E-state index in [0.717, 1.165) is 5.56 Å². The molecule has 0 fully saturated rings. The van der Waals surface area contributed by atoms with E-state index in [0.29, 0.717) is 5.75 Å². The zero-order valence-corrected chi connectivity index (χ0v) is 9.28. The van der Waals surface area contributed by atoms with Crippen LogP contribution in [-0.4, -0.2) is 10.2 Å². The fourth-order valence-electron chi connectivity index (χ4n) is 1.21. The van der Waals surface area contributed by atoms with Crippen LogP contribution in [-0.2, 0) is 0 Å². The highest BCUT2D eigenvalue weighted by molar-refractivity contribution is 6.29. The van der Waals surface area contributed by atoms with Gasteiger partial charge in [0, 0.05) is 0 Å². The number of rotatable bonds is 2. The Labute approximate surface area is 96.8 Å². The van der Waals surface area contributed by atoms with Gasteiger partial charge in [-0.05, 0) is 18.6 Å². The van der Waals surface area contributed by atoms with Crippen LogP contribution >= 0.6 is 11.6 Å². The maximum Gasteiger partial charge on any atom is 0.222 e. The van der Waals surface area contributed by atoms with Gasteiger partial charge >= 0.3 is 0 Å². The van der Waals surface area contributed by atoms with Gasteiger partial charge in [-0.25, -0.2) is 5.10 Å². The first-order valence-corrected chi connectivity index (χ1v) is 5.03. The lowest BCUT2D eigenvalue weighted by molar-refractivity contribution is 0.451. The third-order valence-electron chi connectivity index (χ3n) is 2.04. The van der Waals surface area contributed by atoms with E-state index >= 15 is 0 Å². The second-order valence-electron chi connectivity index (χ2n) is 3.25. The summed E-state index contributed by atoms with van der Waals surface area (Å²) in [6.45, 7) is 1.91. The van der Waals surface area contributed by atoms with Crippen LogP contribution in [0.15, 0.2) is 35.1 Å². The molecule has 0 saturated heterocycles. The molecule has 82 valence electrons. The van der Waals surface area contributed by atoms with Gasteiger partial charge in [-0.15, -0.1) is 0 Å². The number of hydrogen-bond donors (Lipinski definition) is 1. The molecule has 0 aliphatic rings. The molecule has 1 heterocycles. The first-order valence-electron chi connectivity index (χ1n) is 4.65. The quantitative estimate of drug-likeness (QED) is 0.872. The van der Waals surface area contributed by atoms with Gasteiger partial charge in [0.05, 0.1) is 6.07 Å². The van der Waals surface area contributed by atoms with Gasteiger partial charge in [-0.2, -0.15) is 5.10 Å². The average Bonchev–Trinajstić information content (AvgIpc) is 2.27. The van der Waals surface area contributed by atoms with Crippen molar-refractivity contribution >= 4 is 11.6 Å². The molecule has 2 aromatic rings. The Hall–Kier alpha value is -1.81. The summed E-state index contributed by atoms with van der Waals surface area (Å²) in [6, 6.07) is 8.75. The smallest absolute Gasteiger partial charge is 0.222 e. The normalized spacial score (nSPS) is 10.1. The molecular formula is C11H9ClN2O2. The van der Waals surface area contributed by atoms with Crippen molar-refractivity contribution < 1.29 is 4.74 Å². The monoisotopic (exact) mass is 236 g/mol. The minimum absolute atomic E-state index is 0.0999. The summed E-state index contributed by atoms with van der Waals surface area (Å²) in [7, 11) is 0. The van der Waals surface area contributed by atoms with Crippen molar-refractivity contribution in [3.05, 3.63) is 51.3 Å². The van der Waals surface area contributed by atoms with Gasteiger partial charge in [0.15, 0.2) is 5.15 Å². The number of benzene rings is 1. The Balaban J connectivity index is 2.31. The van der Waals surface area contributed by atoms with Crippen LogP contribution in [0, 0.1) is 6.92 Å². The number of para-hydroxylation sites is 1. The first kappa shape index (κ1) is 10.7. The standard InChI is InChI=1S/C11H9ClN2O2/c1-7-4-2-3-5-9(7)16-10-6-8(15)11(12)14-13-10/h2-6H,1H3,(H,13,15). The summed E-state index contributed by atoms with van der Waals surface area (Å²) in [4.78, 5) is 11.2. The van der Waals surface area contributed by atoms with Crippen LogP contribution in [0.5, 0.6) is 11.6 Å². The van der Waals surface area contributed by atoms with Crippen molar-refractivity contribution in [3.8, 4) is 11.6 Å². The number of aryl methyl sites for hydroxylation is 1. The molecule has 0 spiro atoms. The molecule has 0 bridgehead atoms. The number of ether oxygens (including phenoxy) is 1. The second-order valence-corrected chi connectivity index (χ2v) is 3.61. The number of aromatic amines is 1. The lowest BCUT2D eigenvalue weighted by Gasteiger charge is -2.06. The van der Waals surface area contributed by atoms with Crippen LogP contribution in [0.25, 0.3) is 0 Å². The van der Waals surface area contributed by atoms with Crippen LogP contribution in [0.3, 0.4) is 0 Å². The maximum absolute atomic E-state index is 11.2. The molecule has 0 saturated carbocycles. The number of aromatic nitrogens is 2. The molecule has 4 nitrogen and oxygen atoms in total. The molecule has 1 aromatic heterocycles. The highest BCUT2D eigenvalue weighted by Crippen LogP contribution is 2.21. The third kappa shape index (κ3) is 2.23. The van der Waals surface area contributed by atoms with E-state index in [1.165, 1.54) is 6.07 Å². The van der Waals surface area contributed by atoms with Crippen molar-refractivity contribution in [1.29, 1.82) is 0 Å². The predicted octanol–water partition coefficient (Wildman–Crippen LogP) is 2.52. The van der Waals surface area contributed by atoms with Gasteiger partial charge in [0.2, 0.25) is 11.3 Å². The van der Waals surface area contributed by atoms with Crippen molar-refractivity contribution in [2.24, 2.45) is 0 Å². The maximum atomic E-state index is 11.2. The summed E-state index contributed by atoms with van der Waals surface area (Å²) in [6.07, 6.45) is 0. The molecule has 1 aromatic carbocycles. The number of halogens is 1. The van der Waals surface area contributed by atoms with E-state index < -0.39 is 0 Å². The van der Waals surface area contributed by atoms with E-state index in [9.17, 15) is 4.79 Å². The molecule has 1 N–H and O–H groups in total. The molecule has 2 rings (SSSR count). The number of H-pyrrole nitrogens is 1. The summed E-state index contributed by atoms with van der Waals surface area (Å²) < 4.78 is 5.47. The van der Waals surface area contributed by atoms with Gasteiger partial charge in [-0.1, -0.05) is 29.8 Å². The minimum Gasteiger partial charge on any atom is -0.439 e. The Morgan fingerprint density at radius 1 is 1.38 bits per heavy atom. The van der Waals surface area contributed by atoms with Crippen molar-refractivity contribution in [3.63, 3.8) is 0 Å². The lowest BCUT2D eigenvalue weighted by atomic mass is 10.2. The zero-order valence-electron chi connectivity index (χ0n) is 8.53. The van der Waals surface area contributed by atoms with E-state index in [2.05, 4.69) is 10.2 Å². The molecule has 0 radical (unpaired) electrons. The molecule has 0 aliphatic carbocycles. The molecule has 0 unspecified atom stereocenters. The lowest BCUT2D eigenvalue weighted by Crippen LogP contribution is -2.05. The van der Waals surface area contributed by atoms with Crippen LogP contribution in [0.1, 0.15) is 5.56 Å². The molecule has 0 atom stereocenters.